The fraction of sp³-hybridized carbons (Fsp3) is 0.462. The number of likely N-dealkylation sites (tertiary alicyclic amines) is 1. The van der Waals surface area contributed by atoms with E-state index in [9.17, 15) is 14.9 Å². The quantitative estimate of drug-likeness (QED) is 0.632. The second-order valence-corrected chi connectivity index (χ2v) is 5.19. The molecule has 1 aromatic rings. The van der Waals surface area contributed by atoms with Gasteiger partial charge in [-0.05, 0) is 18.6 Å². The van der Waals surface area contributed by atoms with E-state index < -0.39 is 4.92 Å². The van der Waals surface area contributed by atoms with E-state index in [0.29, 0.717) is 31.2 Å². The zero-order valence-electron chi connectivity index (χ0n) is 11.0. The summed E-state index contributed by atoms with van der Waals surface area (Å²) in [5.74, 6) is 0.120. The number of nitro groups is 1. The first-order valence-corrected chi connectivity index (χ1v) is 6.63. The van der Waals surface area contributed by atoms with Gasteiger partial charge in [-0.3, -0.25) is 14.9 Å². The molecule has 2 rings (SSSR count). The first-order valence-electron chi connectivity index (χ1n) is 6.25. The number of benzene rings is 1. The Morgan fingerprint density at radius 1 is 1.60 bits per heavy atom. The first-order chi connectivity index (χ1) is 9.52. The van der Waals surface area contributed by atoms with Crippen molar-refractivity contribution in [3.8, 4) is 0 Å². The standard InChI is InChI=1S/C13H15ClN2O4/c1-20-8-9-4-5-15(7-9)13(17)10-2-3-11(14)12(6-10)16(18)19/h2-3,6,9H,4-5,7-8H2,1H3. The molecule has 1 unspecified atom stereocenters. The minimum Gasteiger partial charge on any atom is -0.384 e. The molecule has 0 aromatic heterocycles. The van der Waals surface area contributed by atoms with Crippen LogP contribution >= 0.6 is 11.6 Å². The number of ether oxygens (including phenoxy) is 1. The fourth-order valence-electron chi connectivity index (χ4n) is 2.36. The van der Waals surface area contributed by atoms with Crippen LogP contribution in [0.25, 0.3) is 0 Å². The predicted octanol–water partition coefficient (Wildman–Crippen LogP) is 2.36. The molecule has 1 fully saturated rings. The molecule has 1 aromatic carbocycles. The highest BCUT2D eigenvalue weighted by Crippen LogP contribution is 2.27. The van der Waals surface area contributed by atoms with Crippen LogP contribution in [0.2, 0.25) is 5.02 Å². The number of methoxy groups -OCH3 is 1. The normalized spacial score (nSPS) is 18.3. The van der Waals surface area contributed by atoms with Crippen LogP contribution in [0, 0.1) is 16.0 Å². The van der Waals surface area contributed by atoms with Gasteiger partial charge in [0.05, 0.1) is 11.5 Å². The molecule has 1 heterocycles. The molecule has 0 radical (unpaired) electrons. The topological polar surface area (TPSA) is 72.7 Å². The third kappa shape index (κ3) is 3.08. The van der Waals surface area contributed by atoms with Crippen LogP contribution in [0.15, 0.2) is 18.2 Å². The van der Waals surface area contributed by atoms with Gasteiger partial charge in [0.15, 0.2) is 0 Å². The smallest absolute Gasteiger partial charge is 0.288 e. The van der Waals surface area contributed by atoms with Crippen molar-refractivity contribution < 1.29 is 14.5 Å². The van der Waals surface area contributed by atoms with Gasteiger partial charge in [-0.15, -0.1) is 0 Å². The van der Waals surface area contributed by atoms with Crippen LogP contribution in [-0.2, 0) is 4.74 Å². The molecule has 1 aliphatic rings. The summed E-state index contributed by atoms with van der Waals surface area (Å²) in [6.45, 7) is 1.87. The van der Waals surface area contributed by atoms with E-state index in [1.807, 2.05) is 0 Å². The molecule has 6 nitrogen and oxygen atoms in total. The van der Waals surface area contributed by atoms with E-state index in [0.717, 1.165) is 6.42 Å². The Morgan fingerprint density at radius 3 is 3.00 bits per heavy atom. The molecule has 0 N–H and O–H groups in total. The second-order valence-electron chi connectivity index (χ2n) is 4.78. The molecule has 0 spiro atoms. The van der Waals surface area contributed by atoms with Crippen molar-refractivity contribution in [1.82, 2.24) is 4.90 Å². The zero-order chi connectivity index (χ0) is 14.7. The van der Waals surface area contributed by atoms with Crippen LogP contribution in [0.4, 0.5) is 5.69 Å². The van der Waals surface area contributed by atoms with Crippen LogP contribution in [0.1, 0.15) is 16.8 Å². The molecule has 1 aliphatic heterocycles. The van der Waals surface area contributed by atoms with Crippen LogP contribution < -0.4 is 0 Å². The molecule has 108 valence electrons. The van der Waals surface area contributed by atoms with E-state index in [1.54, 1.807) is 12.0 Å². The van der Waals surface area contributed by atoms with Crippen molar-refractivity contribution in [1.29, 1.82) is 0 Å². The van der Waals surface area contributed by atoms with Crippen molar-refractivity contribution >= 4 is 23.2 Å². The van der Waals surface area contributed by atoms with Crippen LogP contribution in [0.5, 0.6) is 0 Å². The summed E-state index contributed by atoms with van der Waals surface area (Å²) < 4.78 is 5.08. The Morgan fingerprint density at radius 2 is 2.35 bits per heavy atom. The van der Waals surface area contributed by atoms with E-state index in [-0.39, 0.29) is 16.6 Å². The lowest BCUT2D eigenvalue weighted by Crippen LogP contribution is -2.29. The summed E-state index contributed by atoms with van der Waals surface area (Å²) in [5, 5.41) is 10.9. The number of hydrogen-bond donors (Lipinski definition) is 0. The van der Waals surface area contributed by atoms with Gasteiger partial charge in [0, 0.05) is 37.7 Å². The minimum absolute atomic E-state index is 0.0326. The Bertz CT molecular complexity index is 535. The summed E-state index contributed by atoms with van der Waals surface area (Å²) in [6, 6.07) is 4.13. The van der Waals surface area contributed by atoms with Crippen LogP contribution in [-0.4, -0.2) is 42.5 Å². The van der Waals surface area contributed by atoms with Crippen molar-refractivity contribution in [3.05, 3.63) is 38.9 Å². The van der Waals surface area contributed by atoms with Gasteiger partial charge in [-0.2, -0.15) is 0 Å². The average Bonchev–Trinajstić information content (AvgIpc) is 2.87. The molecule has 0 saturated carbocycles. The highest BCUT2D eigenvalue weighted by Gasteiger charge is 2.28. The predicted molar refractivity (Wildman–Crippen MR) is 74.0 cm³/mol. The number of hydrogen-bond acceptors (Lipinski definition) is 4. The summed E-state index contributed by atoms with van der Waals surface area (Å²) in [5.41, 5.74) is 0.0457. The van der Waals surface area contributed by atoms with E-state index in [4.69, 9.17) is 16.3 Å². The number of nitro benzene ring substituents is 1. The molecule has 7 heteroatoms. The Labute approximate surface area is 121 Å². The van der Waals surface area contributed by atoms with E-state index in [2.05, 4.69) is 0 Å². The lowest BCUT2D eigenvalue weighted by atomic mass is 10.1. The number of carbonyl (C=O) groups excluding carboxylic acids is 1. The number of amides is 1. The Balaban J connectivity index is 2.14. The maximum absolute atomic E-state index is 12.3. The van der Waals surface area contributed by atoms with Gasteiger partial charge in [0.2, 0.25) is 0 Å². The fourth-order valence-corrected chi connectivity index (χ4v) is 2.54. The molecule has 0 aliphatic carbocycles. The lowest BCUT2D eigenvalue weighted by molar-refractivity contribution is -0.384. The number of halogens is 1. The number of carbonyl (C=O) groups is 1. The maximum atomic E-state index is 12.3. The van der Waals surface area contributed by atoms with Gasteiger partial charge >= 0.3 is 0 Å². The van der Waals surface area contributed by atoms with Crippen molar-refractivity contribution in [2.45, 2.75) is 6.42 Å². The van der Waals surface area contributed by atoms with Crippen molar-refractivity contribution in [2.24, 2.45) is 5.92 Å². The van der Waals surface area contributed by atoms with Gasteiger partial charge in [0.1, 0.15) is 5.02 Å². The molecule has 1 amide bonds. The van der Waals surface area contributed by atoms with Gasteiger partial charge in [-0.25, -0.2) is 0 Å². The Kier molecular flexibility index (Phi) is 4.57. The second kappa shape index (κ2) is 6.19. The molecule has 1 atom stereocenters. The van der Waals surface area contributed by atoms with Gasteiger partial charge in [0.25, 0.3) is 11.6 Å². The van der Waals surface area contributed by atoms with Crippen LogP contribution in [0.3, 0.4) is 0 Å². The molecular formula is C13H15ClN2O4. The molecule has 0 bridgehead atoms. The van der Waals surface area contributed by atoms with E-state index >= 15 is 0 Å². The Hall–Kier alpha value is -1.66. The zero-order valence-corrected chi connectivity index (χ0v) is 11.8. The van der Waals surface area contributed by atoms with Gasteiger partial charge < -0.3 is 9.64 Å². The van der Waals surface area contributed by atoms with Crippen molar-refractivity contribution in [2.75, 3.05) is 26.8 Å². The minimum atomic E-state index is -0.586. The van der Waals surface area contributed by atoms with Crippen molar-refractivity contribution in [3.63, 3.8) is 0 Å². The summed E-state index contributed by atoms with van der Waals surface area (Å²) in [7, 11) is 1.63. The SMILES string of the molecule is COCC1CCN(C(=O)c2ccc(Cl)c([N+](=O)[O-])c2)C1. The number of nitrogens with zero attached hydrogens (tertiary/aromatic N) is 2. The highest BCUT2D eigenvalue weighted by molar-refractivity contribution is 6.32. The van der Waals surface area contributed by atoms with Gasteiger partial charge in [-0.1, -0.05) is 11.6 Å². The van der Waals surface area contributed by atoms with E-state index in [1.165, 1.54) is 18.2 Å². The third-order valence-corrected chi connectivity index (χ3v) is 3.68. The summed E-state index contributed by atoms with van der Waals surface area (Å²) in [4.78, 5) is 24.2. The maximum Gasteiger partial charge on any atom is 0.288 e. The molecular weight excluding hydrogens is 284 g/mol. The largest absolute Gasteiger partial charge is 0.384 e. The number of rotatable bonds is 4. The lowest BCUT2D eigenvalue weighted by Gasteiger charge is -2.16. The summed E-state index contributed by atoms with van der Waals surface area (Å²) in [6.07, 6.45) is 0.884. The highest BCUT2D eigenvalue weighted by atomic mass is 35.5. The summed E-state index contributed by atoms with van der Waals surface area (Å²) >= 11 is 5.74. The first kappa shape index (κ1) is 14.7. The average molecular weight is 299 g/mol. The monoisotopic (exact) mass is 298 g/mol. The molecule has 20 heavy (non-hydrogen) atoms. The third-order valence-electron chi connectivity index (χ3n) is 3.37. The molecule has 1 saturated heterocycles.